The van der Waals surface area contributed by atoms with Gasteiger partial charge in [-0.05, 0) is 13.8 Å². The van der Waals surface area contributed by atoms with Crippen LogP contribution in [0.25, 0.3) is 0 Å². The van der Waals surface area contributed by atoms with Gasteiger partial charge in [0.2, 0.25) is 5.91 Å². The Morgan fingerprint density at radius 2 is 2.29 bits per heavy atom. The molecule has 96 valence electrons. The number of nitrogens with zero attached hydrogens (tertiary/aromatic N) is 4. The van der Waals surface area contributed by atoms with Crippen LogP contribution in [0.15, 0.2) is 6.33 Å². The largest absolute Gasteiger partial charge is 0.342 e. The van der Waals surface area contributed by atoms with Crippen LogP contribution < -0.4 is 5.32 Å². The molecule has 6 nitrogen and oxygen atoms in total. The van der Waals surface area contributed by atoms with Crippen LogP contribution in [0.3, 0.4) is 0 Å². The van der Waals surface area contributed by atoms with E-state index in [1.807, 2.05) is 27.9 Å². The van der Waals surface area contributed by atoms with Gasteiger partial charge in [0.15, 0.2) is 5.82 Å². The third kappa shape index (κ3) is 4.52. The van der Waals surface area contributed by atoms with Gasteiger partial charge < -0.3 is 10.2 Å². The number of aryl methyl sites for hydroxylation is 1. The third-order valence-corrected chi connectivity index (χ3v) is 2.62. The average molecular weight is 239 g/mol. The van der Waals surface area contributed by atoms with Gasteiger partial charge in [0.25, 0.3) is 0 Å². The minimum absolute atomic E-state index is 0.106. The summed E-state index contributed by atoms with van der Waals surface area (Å²) in [6, 6.07) is 0.238. The van der Waals surface area contributed by atoms with E-state index in [4.69, 9.17) is 0 Å². The Bertz CT molecular complexity index is 360. The molecule has 0 spiro atoms. The Morgan fingerprint density at radius 1 is 1.59 bits per heavy atom. The summed E-state index contributed by atoms with van der Waals surface area (Å²) in [5, 5.41) is 7.26. The minimum Gasteiger partial charge on any atom is -0.342 e. The molecule has 1 amide bonds. The highest BCUT2D eigenvalue weighted by atomic mass is 16.2. The van der Waals surface area contributed by atoms with Crippen molar-refractivity contribution in [2.24, 2.45) is 7.05 Å². The van der Waals surface area contributed by atoms with E-state index in [0.717, 1.165) is 12.2 Å². The van der Waals surface area contributed by atoms with Crippen LogP contribution >= 0.6 is 0 Å². The van der Waals surface area contributed by atoms with Crippen LogP contribution in [-0.4, -0.2) is 51.8 Å². The van der Waals surface area contributed by atoms with Gasteiger partial charge in [-0.15, -0.1) is 0 Å². The molecule has 0 aliphatic heterocycles. The van der Waals surface area contributed by atoms with Crippen molar-refractivity contribution >= 4 is 5.91 Å². The van der Waals surface area contributed by atoms with Crippen molar-refractivity contribution in [2.45, 2.75) is 26.3 Å². The molecule has 0 aliphatic carbocycles. The van der Waals surface area contributed by atoms with Crippen molar-refractivity contribution < 1.29 is 4.79 Å². The molecule has 0 aliphatic rings. The molecule has 0 saturated heterocycles. The number of hydrogen-bond acceptors (Lipinski definition) is 4. The van der Waals surface area contributed by atoms with Crippen molar-refractivity contribution in [3.8, 4) is 0 Å². The fourth-order valence-electron chi connectivity index (χ4n) is 1.31. The average Bonchev–Trinajstić information content (AvgIpc) is 2.69. The maximum absolute atomic E-state index is 11.6. The van der Waals surface area contributed by atoms with Gasteiger partial charge >= 0.3 is 0 Å². The van der Waals surface area contributed by atoms with Gasteiger partial charge in [-0.25, -0.2) is 4.98 Å². The van der Waals surface area contributed by atoms with Crippen molar-refractivity contribution in [1.82, 2.24) is 25.0 Å². The maximum Gasteiger partial charge on any atom is 0.236 e. The van der Waals surface area contributed by atoms with Gasteiger partial charge in [-0.2, -0.15) is 5.10 Å². The summed E-state index contributed by atoms with van der Waals surface area (Å²) in [6.07, 6.45) is 2.41. The minimum atomic E-state index is 0.106. The first-order valence-electron chi connectivity index (χ1n) is 5.81. The lowest BCUT2D eigenvalue weighted by Crippen LogP contribution is -2.39. The molecule has 6 heteroatoms. The lowest BCUT2D eigenvalue weighted by Gasteiger charge is -2.21. The first kappa shape index (κ1) is 13.6. The lowest BCUT2D eigenvalue weighted by molar-refractivity contribution is -0.130. The van der Waals surface area contributed by atoms with E-state index in [9.17, 15) is 4.79 Å². The van der Waals surface area contributed by atoms with Crippen LogP contribution in [0.2, 0.25) is 0 Å². The molecule has 0 unspecified atom stereocenters. The fraction of sp³-hybridized carbons (Fsp3) is 0.727. The summed E-state index contributed by atoms with van der Waals surface area (Å²) in [7, 11) is 3.65. The second-order valence-electron chi connectivity index (χ2n) is 4.36. The molecule has 1 heterocycles. The van der Waals surface area contributed by atoms with E-state index in [1.54, 1.807) is 15.9 Å². The van der Waals surface area contributed by atoms with E-state index in [0.29, 0.717) is 13.1 Å². The summed E-state index contributed by atoms with van der Waals surface area (Å²) in [5.41, 5.74) is 0. The van der Waals surface area contributed by atoms with E-state index >= 15 is 0 Å². The van der Waals surface area contributed by atoms with Crippen LogP contribution in [0.4, 0.5) is 0 Å². The SMILES string of the molecule is CC(C)N(C)C(=O)CNCCc1ncn(C)n1. The number of rotatable bonds is 6. The van der Waals surface area contributed by atoms with Crippen LogP contribution in [-0.2, 0) is 18.3 Å². The molecular weight excluding hydrogens is 218 g/mol. The van der Waals surface area contributed by atoms with Crippen LogP contribution in [0.1, 0.15) is 19.7 Å². The summed E-state index contributed by atoms with van der Waals surface area (Å²) in [4.78, 5) is 17.5. The Labute approximate surface area is 102 Å². The first-order chi connectivity index (χ1) is 8.00. The van der Waals surface area contributed by atoms with E-state index in [1.165, 1.54) is 0 Å². The molecule has 0 saturated carbocycles. The highest BCUT2D eigenvalue weighted by molar-refractivity contribution is 5.78. The standard InChI is InChI=1S/C11H21N5O/c1-9(2)16(4)11(17)7-12-6-5-10-13-8-15(3)14-10/h8-9,12H,5-7H2,1-4H3. The van der Waals surface area contributed by atoms with Gasteiger partial charge in [0, 0.05) is 33.1 Å². The molecule has 1 rings (SSSR count). The normalized spacial score (nSPS) is 10.9. The van der Waals surface area contributed by atoms with Crippen molar-refractivity contribution in [2.75, 3.05) is 20.1 Å². The molecule has 17 heavy (non-hydrogen) atoms. The second-order valence-corrected chi connectivity index (χ2v) is 4.36. The second kappa shape index (κ2) is 6.34. The van der Waals surface area contributed by atoms with Crippen molar-refractivity contribution in [3.63, 3.8) is 0 Å². The number of aromatic nitrogens is 3. The molecule has 0 aromatic carbocycles. The molecule has 0 bridgehead atoms. The zero-order valence-electron chi connectivity index (χ0n) is 11.0. The highest BCUT2D eigenvalue weighted by Crippen LogP contribution is 1.93. The highest BCUT2D eigenvalue weighted by Gasteiger charge is 2.10. The van der Waals surface area contributed by atoms with Crippen molar-refractivity contribution in [1.29, 1.82) is 0 Å². The zero-order chi connectivity index (χ0) is 12.8. The topological polar surface area (TPSA) is 63.1 Å². The number of likely N-dealkylation sites (N-methyl/N-ethyl adjacent to an activating group) is 1. The fourth-order valence-corrected chi connectivity index (χ4v) is 1.31. The zero-order valence-corrected chi connectivity index (χ0v) is 11.0. The van der Waals surface area contributed by atoms with E-state index in [2.05, 4.69) is 15.4 Å². The van der Waals surface area contributed by atoms with Gasteiger partial charge in [-0.3, -0.25) is 9.48 Å². The molecule has 0 atom stereocenters. The Morgan fingerprint density at radius 3 is 2.82 bits per heavy atom. The number of nitrogens with one attached hydrogen (secondary N) is 1. The summed E-state index contributed by atoms with van der Waals surface area (Å²) in [6.45, 7) is 5.06. The predicted octanol–water partition coefficient (Wildman–Crippen LogP) is -0.186. The van der Waals surface area contributed by atoms with Crippen LogP contribution in [0.5, 0.6) is 0 Å². The van der Waals surface area contributed by atoms with Crippen LogP contribution in [0, 0.1) is 0 Å². The number of amides is 1. The smallest absolute Gasteiger partial charge is 0.236 e. The molecule has 1 aromatic rings. The summed E-state index contributed by atoms with van der Waals surface area (Å²) < 4.78 is 1.67. The maximum atomic E-state index is 11.6. The Balaban J connectivity index is 2.18. The number of carbonyl (C=O) groups is 1. The molecule has 0 fully saturated rings. The van der Waals surface area contributed by atoms with Gasteiger partial charge in [0.1, 0.15) is 6.33 Å². The third-order valence-electron chi connectivity index (χ3n) is 2.62. The molecule has 1 aromatic heterocycles. The monoisotopic (exact) mass is 239 g/mol. The van der Waals surface area contributed by atoms with E-state index in [-0.39, 0.29) is 11.9 Å². The van der Waals surface area contributed by atoms with Gasteiger partial charge in [-0.1, -0.05) is 0 Å². The first-order valence-corrected chi connectivity index (χ1v) is 5.81. The van der Waals surface area contributed by atoms with E-state index < -0.39 is 0 Å². The summed E-state index contributed by atoms with van der Waals surface area (Å²) >= 11 is 0. The number of carbonyl (C=O) groups excluding carboxylic acids is 1. The van der Waals surface area contributed by atoms with Crippen molar-refractivity contribution in [3.05, 3.63) is 12.2 Å². The number of hydrogen-bond donors (Lipinski definition) is 1. The Hall–Kier alpha value is -1.43. The molecular formula is C11H21N5O. The van der Waals surface area contributed by atoms with Gasteiger partial charge in [0.05, 0.1) is 6.54 Å². The predicted molar refractivity (Wildman–Crippen MR) is 65.5 cm³/mol. The lowest BCUT2D eigenvalue weighted by atomic mass is 10.3. The molecule has 0 radical (unpaired) electrons. The quantitative estimate of drug-likeness (QED) is 0.699. The Kier molecular flexibility index (Phi) is 5.09. The molecule has 1 N–H and O–H groups in total. The summed E-state index contributed by atoms with van der Waals surface area (Å²) in [5.74, 6) is 0.902.